The van der Waals surface area contributed by atoms with Crippen LogP contribution in [-0.4, -0.2) is 27.4 Å². The van der Waals surface area contributed by atoms with E-state index in [0.29, 0.717) is 24.5 Å². The van der Waals surface area contributed by atoms with Gasteiger partial charge < -0.3 is 9.47 Å². The largest absolute Gasteiger partial charge is 0.487 e. The molecule has 23 heavy (non-hydrogen) atoms. The van der Waals surface area contributed by atoms with Gasteiger partial charge in [-0.3, -0.25) is 0 Å². The van der Waals surface area contributed by atoms with Gasteiger partial charge in [0.05, 0.1) is 12.3 Å². The van der Waals surface area contributed by atoms with Crippen molar-refractivity contribution in [3.8, 4) is 5.75 Å². The molecule has 0 unspecified atom stereocenters. The number of hydrogen-bond acceptors (Lipinski definition) is 5. The number of ether oxygens (including phenoxy) is 2. The summed E-state index contributed by atoms with van der Waals surface area (Å²) in [6.45, 7) is 4.39. The molecule has 6 nitrogen and oxygen atoms in total. The van der Waals surface area contributed by atoms with Crippen LogP contribution in [0.4, 0.5) is 0 Å². The molecule has 1 aromatic carbocycles. The Morgan fingerprint density at radius 1 is 1.17 bits per heavy atom. The summed E-state index contributed by atoms with van der Waals surface area (Å²) in [6.07, 6.45) is 0. The highest BCUT2D eigenvalue weighted by molar-refractivity contribution is 5.94. The molecule has 0 aliphatic carbocycles. The second-order valence-corrected chi connectivity index (χ2v) is 5.01. The van der Waals surface area contributed by atoms with E-state index in [2.05, 4.69) is 10.3 Å². The monoisotopic (exact) mass is 311 g/mol. The Balaban J connectivity index is 1.86. The van der Waals surface area contributed by atoms with Crippen molar-refractivity contribution in [2.24, 2.45) is 0 Å². The van der Waals surface area contributed by atoms with Gasteiger partial charge in [-0.15, -0.1) is 5.10 Å². The summed E-state index contributed by atoms with van der Waals surface area (Å²) in [4.78, 5) is 11.9. The number of carbonyl (C=O) groups excluding carboxylic acids is 1. The first-order valence-corrected chi connectivity index (χ1v) is 7.39. The highest BCUT2D eigenvalue weighted by Gasteiger charge is 2.18. The van der Waals surface area contributed by atoms with Crippen LogP contribution >= 0.6 is 0 Å². The number of hydrogen-bond donors (Lipinski definition) is 0. The molecule has 0 fully saturated rings. The minimum atomic E-state index is -0.472. The smallest absolute Gasteiger partial charge is 0.361 e. The Morgan fingerprint density at radius 3 is 2.70 bits per heavy atom. The second kappa shape index (κ2) is 6.48. The lowest BCUT2D eigenvalue weighted by Crippen LogP contribution is -2.06. The zero-order valence-electron chi connectivity index (χ0n) is 13.0. The number of pyridine rings is 1. The van der Waals surface area contributed by atoms with E-state index in [0.717, 1.165) is 11.3 Å². The predicted molar refractivity (Wildman–Crippen MR) is 84.5 cm³/mol. The maximum absolute atomic E-state index is 11.9. The number of carbonyl (C=O) groups is 1. The number of benzene rings is 1. The van der Waals surface area contributed by atoms with Crippen LogP contribution in [0.1, 0.15) is 28.7 Å². The van der Waals surface area contributed by atoms with E-state index in [1.54, 1.807) is 17.5 Å². The van der Waals surface area contributed by atoms with Crippen LogP contribution in [0.15, 0.2) is 42.5 Å². The number of aromatic nitrogens is 3. The van der Waals surface area contributed by atoms with Gasteiger partial charge in [0.2, 0.25) is 0 Å². The topological polar surface area (TPSA) is 65.7 Å². The standard InChI is InChI=1S/C17H17N3O3/c1-3-22-17(21)16-14-9-10-15(12(2)20(14)19-18-16)23-11-13-7-5-4-6-8-13/h4-10H,3,11H2,1-2H3. The molecule has 118 valence electrons. The van der Waals surface area contributed by atoms with E-state index in [1.165, 1.54) is 0 Å². The van der Waals surface area contributed by atoms with Gasteiger partial charge in [-0.2, -0.15) is 0 Å². The molecule has 3 aromatic rings. The third-order valence-electron chi connectivity index (χ3n) is 3.48. The summed E-state index contributed by atoms with van der Waals surface area (Å²) in [7, 11) is 0. The fourth-order valence-electron chi connectivity index (χ4n) is 2.30. The zero-order chi connectivity index (χ0) is 16.2. The molecular formula is C17H17N3O3. The first kappa shape index (κ1) is 15.0. The maximum Gasteiger partial charge on any atom is 0.361 e. The lowest BCUT2D eigenvalue weighted by Gasteiger charge is -2.10. The van der Waals surface area contributed by atoms with E-state index in [1.807, 2.05) is 43.3 Å². The summed E-state index contributed by atoms with van der Waals surface area (Å²) in [5, 5.41) is 7.94. The Hall–Kier alpha value is -2.89. The van der Waals surface area contributed by atoms with Crippen molar-refractivity contribution in [3.05, 3.63) is 59.4 Å². The van der Waals surface area contributed by atoms with Gasteiger partial charge in [-0.05, 0) is 31.5 Å². The second-order valence-electron chi connectivity index (χ2n) is 5.01. The third-order valence-corrected chi connectivity index (χ3v) is 3.48. The van der Waals surface area contributed by atoms with Gasteiger partial charge in [-0.25, -0.2) is 9.31 Å². The molecule has 0 atom stereocenters. The molecule has 0 aliphatic heterocycles. The van der Waals surface area contributed by atoms with Crippen LogP contribution < -0.4 is 4.74 Å². The van der Waals surface area contributed by atoms with Crippen molar-refractivity contribution >= 4 is 11.5 Å². The number of nitrogens with zero attached hydrogens (tertiary/aromatic N) is 3. The Kier molecular flexibility index (Phi) is 4.23. The van der Waals surface area contributed by atoms with Crippen LogP contribution in [0.25, 0.3) is 5.52 Å². The van der Waals surface area contributed by atoms with Crippen molar-refractivity contribution in [1.82, 2.24) is 14.8 Å². The molecule has 0 bridgehead atoms. The molecule has 3 rings (SSSR count). The molecule has 0 spiro atoms. The number of rotatable bonds is 5. The summed E-state index contributed by atoms with van der Waals surface area (Å²) in [5.74, 6) is 0.224. The molecule has 6 heteroatoms. The maximum atomic E-state index is 11.9. The van der Waals surface area contributed by atoms with E-state index < -0.39 is 5.97 Å². The SMILES string of the molecule is CCOC(=O)c1nnn2c(C)c(OCc3ccccc3)ccc12. The van der Waals surface area contributed by atoms with Gasteiger partial charge in [0.15, 0.2) is 5.69 Å². The van der Waals surface area contributed by atoms with Crippen molar-refractivity contribution in [2.45, 2.75) is 20.5 Å². The fraction of sp³-hybridized carbons (Fsp3) is 0.235. The predicted octanol–water partition coefficient (Wildman–Crippen LogP) is 2.79. The van der Waals surface area contributed by atoms with Gasteiger partial charge in [-0.1, -0.05) is 35.5 Å². The van der Waals surface area contributed by atoms with Gasteiger partial charge in [0, 0.05) is 0 Å². The number of aryl methyl sites for hydroxylation is 1. The minimum absolute atomic E-state index is 0.213. The Morgan fingerprint density at radius 2 is 1.96 bits per heavy atom. The summed E-state index contributed by atoms with van der Waals surface area (Å²) in [6, 6.07) is 13.5. The van der Waals surface area contributed by atoms with Gasteiger partial charge in [0.25, 0.3) is 0 Å². The molecule has 0 amide bonds. The summed E-state index contributed by atoms with van der Waals surface area (Å²) in [5.41, 5.74) is 2.68. The number of esters is 1. The minimum Gasteiger partial charge on any atom is -0.487 e. The molecule has 0 saturated carbocycles. The zero-order valence-corrected chi connectivity index (χ0v) is 13.0. The fourth-order valence-corrected chi connectivity index (χ4v) is 2.30. The van der Waals surface area contributed by atoms with Crippen LogP contribution in [-0.2, 0) is 11.3 Å². The van der Waals surface area contributed by atoms with Gasteiger partial charge in [0.1, 0.15) is 17.9 Å². The molecule has 0 N–H and O–H groups in total. The molecule has 2 heterocycles. The van der Waals surface area contributed by atoms with Crippen LogP contribution in [0.3, 0.4) is 0 Å². The van der Waals surface area contributed by atoms with Crippen LogP contribution in [0.2, 0.25) is 0 Å². The summed E-state index contributed by atoms with van der Waals surface area (Å²) >= 11 is 0. The van der Waals surface area contributed by atoms with Crippen LogP contribution in [0, 0.1) is 6.92 Å². The normalized spacial score (nSPS) is 10.7. The summed E-state index contributed by atoms with van der Waals surface area (Å²) < 4.78 is 12.4. The number of fused-ring (bicyclic) bond motifs is 1. The molecule has 0 radical (unpaired) electrons. The van der Waals surface area contributed by atoms with E-state index in [9.17, 15) is 4.79 Å². The van der Waals surface area contributed by atoms with E-state index >= 15 is 0 Å². The highest BCUT2D eigenvalue weighted by atomic mass is 16.5. The van der Waals surface area contributed by atoms with Crippen molar-refractivity contribution < 1.29 is 14.3 Å². The molecule has 0 saturated heterocycles. The Bertz CT molecular complexity index is 828. The van der Waals surface area contributed by atoms with E-state index in [-0.39, 0.29) is 5.69 Å². The average molecular weight is 311 g/mol. The van der Waals surface area contributed by atoms with Crippen LogP contribution in [0.5, 0.6) is 5.75 Å². The lowest BCUT2D eigenvalue weighted by atomic mass is 10.2. The van der Waals surface area contributed by atoms with Crippen molar-refractivity contribution in [1.29, 1.82) is 0 Å². The molecule has 0 aliphatic rings. The molecular weight excluding hydrogens is 294 g/mol. The Labute approximate surface area is 133 Å². The van der Waals surface area contributed by atoms with Gasteiger partial charge >= 0.3 is 5.97 Å². The lowest BCUT2D eigenvalue weighted by molar-refractivity contribution is 0.0521. The highest BCUT2D eigenvalue weighted by Crippen LogP contribution is 2.22. The average Bonchev–Trinajstić information content (AvgIpc) is 3.00. The third kappa shape index (κ3) is 3.01. The molecule has 2 aromatic heterocycles. The first-order chi connectivity index (χ1) is 11.2. The van der Waals surface area contributed by atoms with Crippen molar-refractivity contribution in [3.63, 3.8) is 0 Å². The first-order valence-electron chi connectivity index (χ1n) is 7.39. The van der Waals surface area contributed by atoms with E-state index in [4.69, 9.17) is 9.47 Å². The van der Waals surface area contributed by atoms with Crippen molar-refractivity contribution in [2.75, 3.05) is 6.61 Å². The quantitative estimate of drug-likeness (QED) is 0.678.